The summed E-state index contributed by atoms with van der Waals surface area (Å²) >= 11 is 0. The highest BCUT2D eigenvalue weighted by molar-refractivity contribution is 5.76. The Morgan fingerprint density at radius 3 is 2.59 bits per heavy atom. The summed E-state index contributed by atoms with van der Waals surface area (Å²) in [5.74, 6) is 8.62. The van der Waals surface area contributed by atoms with Gasteiger partial charge in [-0.15, -0.1) is 0 Å². The van der Waals surface area contributed by atoms with Crippen LogP contribution >= 0.6 is 0 Å². The zero-order valence-electron chi connectivity index (χ0n) is 15.3. The van der Waals surface area contributed by atoms with Crippen LogP contribution in [-0.2, 0) is 0 Å². The van der Waals surface area contributed by atoms with Crippen LogP contribution in [0.1, 0.15) is 29.2 Å². The Morgan fingerprint density at radius 2 is 1.93 bits per heavy atom. The van der Waals surface area contributed by atoms with Crippen LogP contribution in [0.5, 0.6) is 11.5 Å². The lowest BCUT2D eigenvalue weighted by Gasteiger charge is -2.07. The molecule has 4 rings (SSSR count). The molecule has 0 saturated carbocycles. The third-order valence-corrected chi connectivity index (χ3v) is 4.78. The number of methoxy groups -OCH3 is 2. The first-order valence-electron chi connectivity index (χ1n) is 8.77. The third kappa shape index (κ3) is 3.27. The molecule has 0 spiro atoms. The van der Waals surface area contributed by atoms with Crippen molar-refractivity contribution in [3.8, 4) is 23.3 Å². The number of nitrogens with one attached hydrogen (secondary N) is 1. The average molecular weight is 363 g/mol. The van der Waals surface area contributed by atoms with Gasteiger partial charge in [-0.05, 0) is 31.2 Å². The number of ether oxygens (including phenoxy) is 2. The van der Waals surface area contributed by atoms with Crippen molar-refractivity contribution in [1.29, 1.82) is 0 Å². The van der Waals surface area contributed by atoms with E-state index in [2.05, 4.69) is 33.3 Å². The zero-order chi connectivity index (χ0) is 18.8. The predicted octanol–water partition coefficient (Wildman–Crippen LogP) is 1.81. The van der Waals surface area contributed by atoms with Crippen LogP contribution in [0.15, 0.2) is 30.6 Å². The number of benzene rings is 1. The summed E-state index contributed by atoms with van der Waals surface area (Å²) in [5.41, 5.74) is 9.61. The number of rotatable bonds is 3. The second-order valence-corrected chi connectivity index (χ2v) is 6.43. The van der Waals surface area contributed by atoms with Crippen LogP contribution in [0.3, 0.4) is 0 Å². The minimum atomic E-state index is 0.388. The Kier molecular flexibility index (Phi) is 4.57. The van der Waals surface area contributed by atoms with Gasteiger partial charge in [0.1, 0.15) is 23.3 Å². The summed E-state index contributed by atoms with van der Waals surface area (Å²) in [4.78, 5) is 4.14. The lowest BCUT2D eigenvalue weighted by atomic mass is 10.0. The number of hydrogen-bond donors (Lipinski definition) is 2. The minimum Gasteiger partial charge on any atom is -0.497 e. The Morgan fingerprint density at radius 1 is 1.15 bits per heavy atom. The standard InChI is InChI=1S/C20H21N5O2/c1-26-16-7-13(8-17(10-16)27-2)3-4-14-9-18(15-5-6-22-11-15)25-19(14)20(21)23-12-24-25/h7-10,12,15,22H,5-6,11H2,1-2H3,(H2,21,23,24). The summed E-state index contributed by atoms with van der Waals surface area (Å²) in [6.07, 6.45) is 2.55. The zero-order valence-corrected chi connectivity index (χ0v) is 15.3. The van der Waals surface area contributed by atoms with Gasteiger partial charge in [-0.25, -0.2) is 9.50 Å². The summed E-state index contributed by atoms with van der Waals surface area (Å²) in [6, 6.07) is 7.63. The summed E-state index contributed by atoms with van der Waals surface area (Å²) in [5, 5.41) is 7.80. The molecule has 2 aromatic heterocycles. The molecule has 0 amide bonds. The summed E-state index contributed by atoms with van der Waals surface area (Å²) in [7, 11) is 3.24. The lowest BCUT2D eigenvalue weighted by Crippen LogP contribution is -2.10. The van der Waals surface area contributed by atoms with E-state index >= 15 is 0 Å². The number of hydrogen-bond acceptors (Lipinski definition) is 6. The Bertz CT molecular complexity index is 1020. The van der Waals surface area contributed by atoms with Crippen molar-refractivity contribution in [3.63, 3.8) is 0 Å². The van der Waals surface area contributed by atoms with Crippen molar-refractivity contribution < 1.29 is 9.47 Å². The number of nitrogen functional groups attached to an aromatic ring is 1. The van der Waals surface area contributed by atoms with Gasteiger partial charge in [0.05, 0.1) is 19.8 Å². The fraction of sp³-hybridized carbons (Fsp3) is 0.300. The number of nitrogens with two attached hydrogens (primary N) is 1. The molecular formula is C20H21N5O2. The highest BCUT2D eigenvalue weighted by Gasteiger charge is 2.23. The fourth-order valence-corrected chi connectivity index (χ4v) is 3.40. The van der Waals surface area contributed by atoms with Crippen LogP contribution in [0.4, 0.5) is 5.82 Å². The Labute approximate surface area is 157 Å². The molecular weight excluding hydrogens is 342 g/mol. The molecule has 1 atom stereocenters. The highest BCUT2D eigenvalue weighted by atomic mass is 16.5. The van der Waals surface area contributed by atoms with Crippen molar-refractivity contribution in [2.75, 3.05) is 33.0 Å². The van der Waals surface area contributed by atoms with Crippen molar-refractivity contribution >= 4 is 11.3 Å². The molecule has 3 N–H and O–H groups in total. The van der Waals surface area contributed by atoms with Gasteiger partial charge < -0.3 is 20.5 Å². The Balaban J connectivity index is 1.80. The minimum absolute atomic E-state index is 0.388. The second-order valence-electron chi connectivity index (χ2n) is 6.43. The maximum absolute atomic E-state index is 6.13. The normalized spacial score (nSPS) is 16.1. The third-order valence-electron chi connectivity index (χ3n) is 4.78. The molecule has 7 heteroatoms. The van der Waals surface area contributed by atoms with E-state index < -0.39 is 0 Å². The number of anilines is 1. The molecule has 1 aliphatic heterocycles. The number of aromatic nitrogens is 3. The molecule has 0 aliphatic carbocycles. The van der Waals surface area contributed by atoms with Crippen molar-refractivity contribution in [1.82, 2.24) is 19.9 Å². The molecule has 138 valence electrons. The van der Waals surface area contributed by atoms with E-state index in [0.717, 1.165) is 41.8 Å². The number of nitrogens with zero attached hydrogens (tertiary/aromatic N) is 3. The van der Waals surface area contributed by atoms with Crippen LogP contribution in [0.2, 0.25) is 0 Å². The first-order valence-corrected chi connectivity index (χ1v) is 8.77. The molecule has 1 fully saturated rings. The van der Waals surface area contributed by atoms with Gasteiger partial charge >= 0.3 is 0 Å². The largest absolute Gasteiger partial charge is 0.497 e. The Hall–Kier alpha value is -3.24. The van der Waals surface area contributed by atoms with E-state index in [1.165, 1.54) is 6.33 Å². The van der Waals surface area contributed by atoms with E-state index in [9.17, 15) is 0 Å². The van der Waals surface area contributed by atoms with Crippen LogP contribution in [-0.4, -0.2) is 41.9 Å². The van der Waals surface area contributed by atoms with Gasteiger partial charge in [0.2, 0.25) is 0 Å². The molecule has 1 saturated heterocycles. The van der Waals surface area contributed by atoms with Crippen LogP contribution < -0.4 is 20.5 Å². The van der Waals surface area contributed by atoms with E-state index in [4.69, 9.17) is 15.2 Å². The van der Waals surface area contributed by atoms with E-state index in [1.54, 1.807) is 14.2 Å². The van der Waals surface area contributed by atoms with Gasteiger partial charge in [0, 0.05) is 29.8 Å². The van der Waals surface area contributed by atoms with Gasteiger partial charge in [-0.3, -0.25) is 0 Å². The van der Waals surface area contributed by atoms with E-state index in [0.29, 0.717) is 23.2 Å². The molecule has 7 nitrogen and oxygen atoms in total. The predicted molar refractivity (Wildman–Crippen MR) is 103 cm³/mol. The quantitative estimate of drug-likeness (QED) is 0.690. The molecule has 0 radical (unpaired) electrons. The molecule has 1 aromatic carbocycles. The van der Waals surface area contributed by atoms with Gasteiger partial charge in [0.25, 0.3) is 0 Å². The molecule has 0 bridgehead atoms. The average Bonchev–Trinajstić information content (AvgIpc) is 3.34. The van der Waals surface area contributed by atoms with Crippen molar-refractivity contribution in [2.24, 2.45) is 0 Å². The smallest absolute Gasteiger partial charge is 0.152 e. The first kappa shape index (κ1) is 17.2. The molecule has 27 heavy (non-hydrogen) atoms. The van der Waals surface area contributed by atoms with Crippen LogP contribution in [0, 0.1) is 11.8 Å². The SMILES string of the molecule is COc1cc(C#Cc2cc(C3CCNC3)n3ncnc(N)c23)cc(OC)c1. The molecule has 3 aromatic rings. The van der Waals surface area contributed by atoms with Gasteiger partial charge in [-0.1, -0.05) is 11.8 Å². The fourth-order valence-electron chi connectivity index (χ4n) is 3.40. The maximum atomic E-state index is 6.13. The second kappa shape index (κ2) is 7.17. The monoisotopic (exact) mass is 363 g/mol. The first-order chi connectivity index (χ1) is 13.2. The van der Waals surface area contributed by atoms with Crippen molar-refractivity contribution in [2.45, 2.75) is 12.3 Å². The van der Waals surface area contributed by atoms with Gasteiger partial charge in [0.15, 0.2) is 5.82 Å². The summed E-state index contributed by atoms with van der Waals surface area (Å²) < 4.78 is 12.5. The summed E-state index contributed by atoms with van der Waals surface area (Å²) in [6.45, 7) is 1.93. The van der Waals surface area contributed by atoms with Gasteiger partial charge in [-0.2, -0.15) is 5.10 Å². The highest BCUT2D eigenvalue weighted by Crippen LogP contribution is 2.28. The molecule has 3 heterocycles. The van der Waals surface area contributed by atoms with E-state index in [1.807, 2.05) is 22.7 Å². The van der Waals surface area contributed by atoms with Crippen LogP contribution in [0.25, 0.3) is 5.52 Å². The molecule has 1 unspecified atom stereocenters. The lowest BCUT2D eigenvalue weighted by molar-refractivity contribution is 0.394. The topological polar surface area (TPSA) is 86.7 Å². The molecule has 1 aliphatic rings. The number of fused-ring (bicyclic) bond motifs is 1. The maximum Gasteiger partial charge on any atom is 0.152 e. The van der Waals surface area contributed by atoms with E-state index in [-0.39, 0.29) is 0 Å². The van der Waals surface area contributed by atoms with Crippen molar-refractivity contribution in [3.05, 3.63) is 47.4 Å².